The molecule has 4 rings (SSSR count). The van der Waals surface area contributed by atoms with Crippen LogP contribution in [0.25, 0.3) is 0 Å². The molecule has 3 aromatic heterocycles. The highest BCUT2D eigenvalue weighted by Gasteiger charge is 2.23. The van der Waals surface area contributed by atoms with Crippen LogP contribution in [0, 0.1) is 6.92 Å². The number of pyridine rings is 1. The first kappa shape index (κ1) is 16.0. The van der Waals surface area contributed by atoms with Crippen molar-refractivity contribution >= 4 is 0 Å². The van der Waals surface area contributed by atoms with Crippen molar-refractivity contribution in [2.45, 2.75) is 39.3 Å². The summed E-state index contributed by atoms with van der Waals surface area (Å²) in [5.41, 5.74) is 3.06. The maximum Gasteiger partial charge on any atom is 0.133 e. The zero-order chi connectivity index (χ0) is 17.1. The summed E-state index contributed by atoms with van der Waals surface area (Å²) < 4.78 is 13.4. The second kappa shape index (κ2) is 7.16. The van der Waals surface area contributed by atoms with Crippen molar-refractivity contribution in [3.05, 3.63) is 65.6 Å². The lowest BCUT2D eigenvalue weighted by molar-refractivity contribution is 0.00544. The number of fused-ring (bicyclic) bond motifs is 1. The van der Waals surface area contributed by atoms with E-state index in [9.17, 15) is 0 Å². The molecule has 130 valence electrons. The van der Waals surface area contributed by atoms with Crippen LogP contribution in [0.4, 0.5) is 0 Å². The molecule has 1 atom stereocenters. The van der Waals surface area contributed by atoms with Crippen LogP contribution in [0.1, 0.15) is 22.8 Å². The lowest BCUT2D eigenvalue weighted by Gasteiger charge is -2.23. The monoisotopic (exact) mass is 339 g/mol. The first-order valence-corrected chi connectivity index (χ1v) is 8.43. The summed E-state index contributed by atoms with van der Waals surface area (Å²) in [7, 11) is 0. The molecule has 0 unspecified atom stereocenters. The summed E-state index contributed by atoms with van der Waals surface area (Å²) in [5.74, 6) is 0.831. The minimum Gasteiger partial charge on any atom is -0.369 e. The zero-order valence-electron chi connectivity index (χ0n) is 14.2. The van der Waals surface area contributed by atoms with E-state index in [0.717, 1.165) is 43.3 Å². The van der Waals surface area contributed by atoms with E-state index in [1.54, 1.807) is 6.20 Å². The van der Waals surface area contributed by atoms with Gasteiger partial charge in [-0.1, -0.05) is 11.2 Å². The van der Waals surface area contributed by atoms with Crippen molar-refractivity contribution < 1.29 is 9.26 Å². The van der Waals surface area contributed by atoms with E-state index in [-0.39, 0.29) is 6.10 Å². The fourth-order valence-corrected chi connectivity index (χ4v) is 3.13. The Morgan fingerprint density at radius 2 is 2.16 bits per heavy atom. The first-order valence-electron chi connectivity index (χ1n) is 8.43. The molecular formula is C18H21N5O2. The van der Waals surface area contributed by atoms with Crippen LogP contribution in [-0.4, -0.2) is 37.5 Å². The van der Waals surface area contributed by atoms with E-state index >= 15 is 0 Å². The van der Waals surface area contributed by atoms with Crippen LogP contribution in [-0.2, 0) is 31.0 Å². The lowest BCUT2D eigenvalue weighted by atomic mass is 10.3. The van der Waals surface area contributed by atoms with E-state index in [4.69, 9.17) is 9.26 Å². The minimum absolute atomic E-state index is 0.0381. The van der Waals surface area contributed by atoms with Gasteiger partial charge < -0.3 is 9.26 Å². The fourth-order valence-electron chi connectivity index (χ4n) is 3.13. The molecule has 7 nitrogen and oxygen atoms in total. The third kappa shape index (κ3) is 3.94. The van der Waals surface area contributed by atoms with Gasteiger partial charge in [0.2, 0.25) is 0 Å². The largest absolute Gasteiger partial charge is 0.369 e. The van der Waals surface area contributed by atoms with Gasteiger partial charge in [-0.15, -0.1) is 0 Å². The van der Waals surface area contributed by atoms with Gasteiger partial charge in [0.05, 0.1) is 36.3 Å². The van der Waals surface area contributed by atoms with Crippen LogP contribution >= 0.6 is 0 Å². The molecule has 0 bridgehead atoms. The van der Waals surface area contributed by atoms with Crippen molar-refractivity contribution in [2.75, 3.05) is 6.54 Å². The molecule has 25 heavy (non-hydrogen) atoms. The Bertz CT molecular complexity index is 814. The highest BCUT2D eigenvalue weighted by atomic mass is 16.5. The molecular weight excluding hydrogens is 318 g/mol. The van der Waals surface area contributed by atoms with Gasteiger partial charge in [-0.25, -0.2) is 0 Å². The molecule has 0 radical (unpaired) electrons. The maximum absolute atomic E-state index is 6.14. The minimum atomic E-state index is 0.0381. The predicted molar refractivity (Wildman–Crippen MR) is 90.4 cm³/mol. The van der Waals surface area contributed by atoms with Crippen molar-refractivity contribution in [1.82, 2.24) is 24.8 Å². The Labute approximate surface area is 146 Å². The summed E-state index contributed by atoms with van der Waals surface area (Å²) in [6.07, 6.45) is 3.67. The Kier molecular flexibility index (Phi) is 4.58. The van der Waals surface area contributed by atoms with Crippen LogP contribution in [0.2, 0.25) is 0 Å². The van der Waals surface area contributed by atoms with E-state index in [1.807, 2.05) is 42.1 Å². The number of hydrogen-bond acceptors (Lipinski definition) is 6. The van der Waals surface area contributed by atoms with Gasteiger partial charge in [0.1, 0.15) is 5.76 Å². The average molecular weight is 339 g/mol. The number of aromatic nitrogens is 4. The first-order chi connectivity index (χ1) is 12.3. The molecule has 1 aliphatic rings. The second-order valence-electron chi connectivity index (χ2n) is 6.36. The molecule has 0 saturated carbocycles. The summed E-state index contributed by atoms with van der Waals surface area (Å²) in [6.45, 7) is 5.50. The van der Waals surface area contributed by atoms with Crippen LogP contribution in [0.15, 0.2) is 47.2 Å². The molecule has 0 amide bonds. The summed E-state index contributed by atoms with van der Waals surface area (Å²) in [6, 6.07) is 9.90. The van der Waals surface area contributed by atoms with Crippen LogP contribution in [0.5, 0.6) is 0 Å². The Morgan fingerprint density at radius 1 is 1.20 bits per heavy atom. The van der Waals surface area contributed by atoms with Crippen molar-refractivity contribution in [3.8, 4) is 0 Å². The number of nitrogens with zero attached hydrogens (tertiary/aromatic N) is 5. The van der Waals surface area contributed by atoms with E-state index in [1.165, 1.54) is 5.69 Å². The number of hydrogen-bond donors (Lipinski definition) is 0. The molecule has 3 aromatic rings. The quantitative estimate of drug-likeness (QED) is 0.710. The number of rotatable bonds is 5. The van der Waals surface area contributed by atoms with Gasteiger partial charge in [0, 0.05) is 38.1 Å². The Morgan fingerprint density at radius 3 is 2.96 bits per heavy atom. The SMILES string of the molecule is Cc1cc(CN2Cc3ccnn3C[C@H](OCc3ccccn3)C2)no1. The fraction of sp³-hybridized carbons (Fsp3) is 0.389. The van der Waals surface area contributed by atoms with Crippen LogP contribution < -0.4 is 0 Å². The highest BCUT2D eigenvalue weighted by molar-refractivity contribution is 5.07. The van der Waals surface area contributed by atoms with Crippen LogP contribution in [0.3, 0.4) is 0 Å². The number of ether oxygens (including phenoxy) is 1. The molecule has 0 saturated heterocycles. The second-order valence-corrected chi connectivity index (χ2v) is 6.36. The third-order valence-electron chi connectivity index (χ3n) is 4.28. The number of aryl methyl sites for hydroxylation is 1. The molecule has 0 N–H and O–H groups in total. The standard InChI is InChI=1S/C18H21N5O2/c1-14-8-16(21-25-14)9-22-10-17-5-7-20-23(17)12-18(11-22)24-13-15-4-2-3-6-19-15/h2-8,18H,9-13H2,1H3/t18-/m1/s1. The molecule has 0 aromatic carbocycles. The van der Waals surface area contributed by atoms with Crippen molar-refractivity contribution in [2.24, 2.45) is 0 Å². The Hall–Kier alpha value is -2.51. The Balaban J connectivity index is 1.47. The molecule has 4 heterocycles. The summed E-state index contributed by atoms with van der Waals surface area (Å²) in [5, 5.41) is 8.54. The molecule has 0 aliphatic carbocycles. The third-order valence-corrected chi connectivity index (χ3v) is 4.28. The van der Waals surface area contributed by atoms with Gasteiger partial charge in [-0.3, -0.25) is 14.6 Å². The van der Waals surface area contributed by atoms with E-state index in [0.29, 0.717) is 6.61 Å². The van der Waals surface area contributed by atoms with E-state index in [2.05, 4.69) is 26.2 Å². The maximum atomic E-state index is 6.14. The molecule has 0 spiro atoms. The molecule has 1 aliphatic heterocycles. The predicted octanol–water partition coefficient (Wildman–Crippen LogP) is 2.18. The average Bonchev–Trinajstić information content (AvgIpc) is 3.19. The van der Waals surface area contributed by atoms with Crippen molar-refractivity contribution in [3.63, 3.8) is 0 Å². The van der Waals surface area contributed by atoms with Gasteiger partial charge in [0.15, 0.2) is 0 Å². The smallest absolute Gasteiger partial charge is 0.133 e. The molecule has 0 fully saturated rings. The zero-order valence-corrected chi connectivity index (χ0v) is 14.2. The lowest BCUT2D eigenvalue weighted by Crippen LogP contribution is -2.32. The van der Waals surface area contributed by atoms with Gasteiger partial charge >= 0.3 is 0 Å². The molecule has 7 heteroatoms. The van der Waals surface area contributed by atoms with E-state index < -0.39 is 0 Å². The van der Waals surface area contributed by atoms with Gasteiger partial charge in [-0.2, -0.15) is 5.10 Å². The summed E-state index contributed by atoms with van der Waals surface area (Å²) in [4.78, 5) is 6.65. The van der Waals surface area contributed by atoms with Gasteiger partial charge in [-0.05, 0) is 25.1 Å². The van der Waals surface area contributed by atoms with Crippen molar-refractivity contribution in [1.29, 1.82) is 0 Å². The topological polar surface area (TPSA) is 69.2 Å². The normalized spacial score (nSPS) is 18.0. The highest BCUT2D eigenvalue weighted by Crippen LogP contribution is 2.17. The summed E-state index contributed by atoms with van der Waals surface area (Å²) >= 11 is 0. The van der Waals surface area contributed by atoms with Gasteiger partial charge in [0.25, 0.3) is 0 Å².